The van der Waals surface area contributed by atoms with Crippen molar-refractivity contribution in [3.05, 3.63) is 35.4 Å². The van der Waals surface area contributed by atoms with Gasteiger partial charge in [0, 0.05) is 38.3 Å². The molecule has 1 aromatic carbocycles. The molecule has 0 spiro atoms. The Hall–Kier alpha value is -2.43. The number of piperazine rings is 1. The molecule has 1 aromatic rings. The SMILES string of the molecule is CN1CCN(C(=O)C(CCCCO)NC(=O)c2ccc(C#N)cc2)CC1. The number of benzene rings is 1. The van der Waals surface area contributed by atoms with Crippen molar-refractivity contribution in [2.45, 2.75) is 25.3 Å². The van der Waals surface area contributed by atoms with Crippen molar-refractivity contribution < 1.29 is 14.7 Å². The Morgan fingerprint density at radius 1 is 1.19 bits per heavy atom. The Bertz CT molecular complexity index is 646. The minimum Gasteiger partial charge on any atom is -0.396 e. The van der Waals surface area contributed by atoms with Crippen molar-refractivity contribution in [3.63, 3.8) is 0 Å². The molecule has 1 aliphatic heterocycles. The fraction of sp³-hybridized carbons (Fsp3) is 0.526. The van der Waals surface area contributed by atoms with Crippen LogP contribution in [0.25, 0.3) is 0 Å². The van der Waals surface area contributed by atoms with Crippen molar-refractivity contribution >= 4 is 11.8 Å². The summed E-state index contributed by atoms with van der Waals surface area (Å²) in [5, 5.41) is 20.7. The molecule has 1 atom stereocenters. The van der Waals surface area contributed by atoms with Crippen LogP contribution in [0.1, 0.15) is 35.2 Å². The van der Waals surface area contributed by atoms with Gasteiger partial charge in [0.1, 0.15) is 6.04 Å². The van der Waals surface area contributed by atoms with Crippen LogP contribution in [0.4, 0.5) is 0 Å². The average molecular weight is 358 g/mol. The lowest BCUT2D eigenvalue weighted by atomic mass is 10.1. The maximum absolute atomic E-state index is 12.9. The second-order valence-electron chi connectivity index (χ2n) is 6.56. The number of nitrogens with one attached hydrogen (secondary N) is 1. The number of aliphatic hydroxyl groups excluding tert-OH is 1. The maximum atomic E-state index is 12.9. The summed E-state index contributed by atoms with van der Waals surface area (Å²) < 4.78 is 0. The summed E-state index contributed by atoms with van der Waals surface area (Å²) in [6.45, 7) is 3.01. The second kappa shape index (κ2) is 9.90. The van der Waals surface area contributed by atoms with Crippen molar-refractivity contribution in [1.82, 2.24) is 15.1 Å². The third-order valence-electron chi connectivity index (χ3n) is 4.60. The van der Waals surface area contributed by atoms with Crippen LogP contribution in [0.15, 0.2) is 24.3 Å². The smallest absolute Gasteiger partial charge is 0.251 e. The molecule has 0 bridgehead atoms. The van der Waals surface area contributed by atoms with Gasteiger partial charge >= 0.3 is 0 Å². The molecule has 0 aromatic heterocycles. The van der Waals surface area contributed by atoms with Crippen LogP contribution in [0, 0.1) is 11.3 Å². The lowest BCUT2D eigenvalue weighted by Gasteiger charge is -2.34. The maximum Gasteiger partial charge on any atom is 0.251 e. The molecule has 1 heterocycles. The third-order valence-corrected chi connectivity index (χ3v) is 4.60. The molecule has 0 saturated carbocycles. The minimum absolute atomic E-state index is 0.0684. The number of nitriles is 1. The van der Waals surface area contributed by atoms with E-state index in [0.717, 1.165) is 13.1 Å². The van der Waals surface area contributed by atoms with Gasteiger partial charge in [-0.15, -0.1) is 0 Å². The van der Waals surface area contributed by atoms with Crippen molar-refractivity contribution in [3.8, 4) is 6.07 Å². The Morgan fingerprint density at radius 2 is 1.85 bits per heavy atom. The summed E-state index contributed by atoms with van der Waals surface area (Å²) in [5.74, 6) is -0.399. The van der Waals surface area contributed by atoms with Gasteiger partial charge in [-0.25, -0.2) is 0 Å². The number of hydrogen-bond donors (Lipinski definition) is 2. The Balaban J connectivity index is 2.04. The van der Waals surface area contributed by atoms with Crippen molar-refractivity contribution in [2.75, 3.05) is 39.8 Å². The van der Waals surface area contributed by atoms with E-state index in [4.69, 9.17) is 10.4 Å². The van der Waals surface area contributed by atoms with Gasteiger partial charge in [0.15, 0.2) is 0 Å². The molecule has 7 nitrogen and oxygen atoms in total. The van der Waals surface area contributed by atoms with Crippen LogP contribution in [0.3, 0.4) is 0 Å². The first-order valence-corrected chi connectivity index (χ1v) is 8.94. The Morgan fingerprint density at radius 3 is 2.42 bits per heavy atom. The molecule has 2 rings (SSSR count). The topological polar surface area (TPSA) is 96.7 Å². The zero-order valence-electron chi connectivity index (χ0n) is 15.1. The first-order chi connectivity index (χ1) is 12.5. The Labute approximate surface area is 154 Å². The molecule has 1 unspecified atom stereocenters. The summed E-state index contributed by atoms with van der Waals surface area (Å²) in [6, 6.07) is 7.74. The highest BCUT2D eigenvalue weighted by atomic mass is 16.3. The molecule has 2 amide bonds. The van der Waals surface area contributed by atoms with E-state index in [1.165, 1.54) is 0 Å². The van der Waals surface area contributed by atoms with Gasteiger partial charge in [-0.3, -0.25) is 9.59 Å². The normalized spacial score (nSPS) is 16.0. The average Bonchev–Trinajstić information content (AvgIpc) is 2.67. The number of carbonyl (C=O) groups is 2. The quantitative estimate of drug-likeness (QED) is 0.696. The largest absolute Gasteiger partial charge is 0.396 e. The zero-order valence-corrected chi connectivity index (χ0v) is 15.1. The van der Waals surface area contributed by atoms with E-state index in [1.54, 1.807) is 29.2 Å². The predicted molar refractivity (Wildman–Crippen MR) is 97.4 cm³/mol. The molecule has 0 aliphatic carbocycles. The molecule has 1 fully saturated rings. The number of unbranched alkanes of at least 4 members (excludes halogenated alkanes) is 1. The highest BCUT2D eigenvalue weighted by Gasteiger charge is 2.27. The standard InChI is InChI=1S/C19H26N4O3/c1-22-9-11-23(12-10-22)19(26)17(4-2-3-13-24)21-18(25)16-7-5-15(14-20)6-8-16/h5-8,17,24H,2-4,9-13H2,1H3,(H,21,25). The van der Waals surface area contributed by atoms with Crippen molar-refractivity contribution in [1.29, 1.82) is 5.26 Å². The summed E-state index contributed by atoms with van der Waals surface area (Å²) >= 11 is 0. The molecule has 26 heavy (non-hydrogen) atoms. The van der Waals surface area contributed by atoms with Crippen molar-refractivity contribution in [2.24, 2.45) is 0 Å². The van der Waals surface area contributed by atoms with Crippen LogP contribution >= 0.6 is 0 Å². The number of likely N-dealkylation sites (N-methyl/N-ethyl adjacent to an activating group) is 1. The van der Waals surface area contributed by atoms with Gasteiger partial charge in [-0.05, 0) is 50.6 Å². The summed E-state index contributed by atoms with van der Waals surface area (Å²) in [4.78, 5) is 29.3. The molecule has 7 heteroatoms. The second-order valence-corrected chi connectivity index (χ2v) is 6.56. The number of hydrogen-bond acceptors (Lipinski definition) is 5. The van der Waals surface area contributed by atoms with Gasteiger partial charge in [-0.1, -0.05) is 0 Å². The van der Waals surface area contributed by atoms with E-state index in [1.807, 2.05) is 13.1 Å². The number of nitrogens with zero attached hydrogens (tertiary/aromatic N) is 3. The lowest BCUT2D eigenvalue weighted by Crippen LogP contribution is -2.54. The number of aliphatic hydroxyl groups is 1. The first-order valence-electron chi connectivity index (χ1n) is 8.94. The summed E-state index contributed by atoms with van der Waals surface area (Å²) in [7, 11) is 2.02. The van der Waals surface area contributed by atoms with E-state index in [0.29, 0.717) is 43.5 Å². The van der Waals surface area contributed by atoms with E-state index >= 15 is 0 Å². The van der Waals surface area contributed by atoms with Gasteiger partial charge < -0.3 is 20.2 Å². The van der Waals surface area contributed by atoms with Crippen LogP contribution in [0.5, 0.6) is 0 Å². The summed E-state index contributed by atoms with van der Waals surface area (Å²) in [5.41, 5.74) is 0.900. The Kier molecular flexibility index (Phi) is 7.57. The molecule has 1 aliphatic rings. The molecule has 140 valence electrons. The van der Waals surface area contributed by atoms with Gasteiger partial charge in [0.05, 0.1) is 11.6 Å². The van der Waals surface area contributed by atoms with E-state index in [-0.39, 0.29) is 18.4 Å². The molecule has 2 N–H and O–H groups in total. The highest BCUT2D eigenvalue weighted by molar-refractivity contribution is 5.97. The fourth-order valence-electron chi connectivity index (χ4n) is 2.90. The third kappa shape index (κ3) is 5.55. The van der Waals surface area contributed by atoms with E-state index in [9.17, 15) is 9.59 Å². The minimum atomic E-state index is -0.604. The fourth-order valence-corrected chi connectivity index (χ4v) is 2.90. The molecule has 1 saturated heterocycles. The molecule has 0 radical (unpaired) electrons. The van der Waals surface area contributed by atoms with Crippen LogP contribution in [0.2, 0.25) is 0 Å². The summed E-state index contributed by atoms with van der Waals surface area (Å²) in [6.07, 6.45) is 1.75. The van der Waals surface area contributed by atoms with Gasteiger partial charge in [0.25, 0.3) is 5.91 Å². The molecular formula is C19H26N4O3. The number of rotatable bonds is 7. The zero-order chi connectivity index (χ0) is 18.9. The monoisotopic (exact) mass is 358 g/mol. The van der Waals surface area contributed by atoms with Crippen LogP contribution in [-0.4, -0.2) is 72.6 Å². The lowest BCUT2D eigenvalue weighted by molar-refractivity contribution is -0.135. The van der Waals surface area contributed by atoms with Gasteiger partial charge in [0.2, 0.25) is 5.91 Å². The van der Waals surface area contributed by atoms with Gasteiger partial charge in [-0.2, -0.15) is 5.26 Å². The van der Waals surface area contributed by atoms with Crippen LogP contribution < -0.4 is 5.32 Å². The molecular weight excluding hydrogens is 332 g/mol. The van der Waals surface area contributed by atoms with Crippen LogP contribution in [-0.2, 0) is 4.79 Å². The highest BCUT2D eigenvalue weighted by Crippen LogP contribution is 2.10. The number of carbonyl (C=O) groups excluding carboxylic acids is 2. The predicted octanol–water partition coefficient (Wildman–Crippen LogP) is 0.593. The number of amides is 2. The van der Waals surface area contributed by atoms with E-state index < -0.39 is 6.04 Å². The van der Waals surface area contributed by atoms with E-state index in [2.05, 4.69) is 10.2 Å². The first kappa shape index (κ1) is 19.9.